The third kappa shape index (κ3) is 4.36. The Balaban J connectivity index is 1.85. The van der Waals surface area contributed by atoms with Crippen molar-refractivity contribution in [2.75, 3.05) is 13.2 Å². The topological polar surface area (TPSA) is 41.5 Å². The van der Waals surface area contributed by atoms with Crippen LogP contribution in [0.1, 0.15) is 37.7 Å². The molecule has 2 N–H and O–H groups in total. The molecule has 20 heavy (non-hydrogen) atoms. The van der Waals surface area contributed by atoms with E-state index in [2.05, 4.69) is 18.0 Å². The lowest BCUT2D eigenvalue weighted by molar-refractivity contribution is 0.00463. The van der Waals surface area contributed by atoms with Gasteiger partial charge < -0.3 is 15.2 Å². The number of hydrogen-bond acceptors (Lipinski definition) is 3. The molecule has 3 nitrogen and oxygen atoms in total. The molecule has 0 aromatic heterocycles. The summed E-state index contributed by atoms with van der Waals surface area (Å²) < 4.78 is 5.63. The van der Waals surface area contributed by atoms with Crippen LogP contribution in [-0.4, -0.2) is 23.9 Å². The van der Waals surface area contributed by atoms with Crippen LogP contribution >= 0.6 is 0 Å². The Morgan fingerprint density at radius 3 is 2.75 bits per heavy atom. The molecule has 1 fully saturated rings. The van der Waals surface area contributed by atoms with E-state index in [4.69, 9.17) is 4.74 Å². The van der Waals surface area contributed by atoms with Gasteiger partial charge in [-0.15, -0.1) is 0 Å². The van der Waals surface area contributed by atoms with E-state index < -0.39 is 5.60 Å². The Morgan fingerprint density at radius 1 is 1.25 bits per heavy atom. The second-order valence-electron chi connectivity index (χ2n) is 5.60. The van der Waals surface area contributed by atoms with Gasteiger partial charge in [-0.3, -0.25) is 0 Å². The summed E-state index contributed by atoms with van der Waals surface area (Å²) in [5.74, 6) is 0.885. The van der Waals surface area contributed by atoms with Gasteiger partial charge in [0.2, 0.25) is 0 Å². The summed E-state index contributed by atoms with van der Waals surface area (Å²) >= 11 is 0. The van der Waals surface area contributed by atoms with Gasteiger partial charge in [-0.1, -0.05) is 50.1 Å². The van der Waals surface area contributed by atoms with E-state index in [-0.39, 0.29) is 0 Å². The maximum atomic E-state index is 10.5. The Bertz CT molecular complexity index is 425. The molecule has 2 rings (SSSR count). The zero-order valence-corrected chi connectivity index (χ0v) is 12.1. The average Bonchev–Trinajstić information content (AvgIpc) is 2.47. The summed E-state index contributed by atoms with van der Waals surface area (Å²) in [4.78, 5) is 0. The molecule has 0 saturated heterocycles. The first kappa shape index (κ1) is 15.1. The highest BCUT2D eigenvalue weighted by atomic mass is 16.5. The molecule has 0 aliphatic heterocycles. The minimum absolute atomic E-state index is 0.515. The molecular weight excluding hydrogens is 250 g/mol. The van der Waals surface area contributed by atoms with Crippen molar-refractivity contribution >= 4 is 0 Å². The zero-order chi connectivity index (χ0) is 14.3. The highest BCUT2D eigenvalue weighted by molar-refractivity contribution is 5.33. The lowest BCUT2D eigenvalue weighted by atomic mass is 9.85. The van der Waals surface area contributed by atoms with Gasteiger partial charge in [0.15, 0.2) is 0 Å². The van der Waals surface area contributed by atoms with Crippen LogP contribution in [0, 0.1) is 0 Å². The molecule has 1 saturated carbocycles. The van der Waals surface area contributed by atoms with Crippen molar-refractivity contribution < 1.29 is 9.84 Å². The first-order valence-corrected chi connectivity index (χ1v) is 7.48. The molecule has 1 aliphatic rings. The molecule has 1 aromatic carbocycles. The van der Waals surface area contributed by atoms with Gasteiger partial charge in [-0.05, 0) is 18.9 Å². The molecule has 0 heterocycles. The first-order chi connectivity index (χ1) is 9.73. The van der Waals surface area contributed by atoms with E-state index in [9.17, 15) is 5.11 Å². The summed E-state index contributed by atoms with van der Waals surface area (Å²) in [5, 5.41) is 13.8. The molecule has 1 aliphatic carbocycles. The van der Waals surface area contributed by atoms with Gasteiger partial charge in [-0.25, -0.2) is 0 Å². The van der Waals surface area contributed by atoms with Gasteiger partial charge in [-0.2, -0.15) is 0 Å². The Labute approximate surface area is 121 Å². The smallest absolute Gasteiger partial charge is 0.124 e. The van der Waals surface area contributed by atoms with Crippen molar-refractivity contribution in [3.63, 3.8) is 0 Å². The van der Waals surface area contributed by atoms with Gasteiger partial charge in [0, 0.05) is 18.7 Å². The lowest BCUT2D eigenvalue weighted by Gasteiger charge is -2.32. The monoisotopic (exact) mass is 275 g/mol. The van der Waals surface area contributed by atoms with Crippen LogP contribution in [0.25, 0.3) is 0 Å². The van der Waals surface area contributed by atoms with E-state index in [0.29, 0.717) is 13.2 Å². The average molecular weight is 275 g/mol. The van der Waals surface area contributed by atoms with Crippen molar-refractivity contribution in [3.8, 4) is 5.75 Å². The fourth-order valence-corrected chi connectivity index (χ4v) is 2.76. The number of benzene rings is 1. The van der Waals surface area contributed by atoms with Crippen LogP contribution in [0.2, 0.25) is 0 Å². The van der Waals surface area contributed by atoms with Crippen molar-refractivity contribution in [2.24, 2.45) is 0 Å². The fourth-order valence-electron chi connectivity index (χ4n) is 2.76. The molecule has 0 unspecified atom stereocenters. The number of nitrogens with one attached hydrogen (secondary N) is 1. The molecule has 0 spiro atoms. The van der Waals surface area contributed by atoms with Crippen LogP contribution in [-0.2, 0) is 6.54 Å². The van der Waals surface area contributed by atoms with Crippen molar-refractivity contribution in [2.45, 2.75) is 44.2 Å². The number of ether oxygens (including phenoxy) is 1. The Hall–Kier alpha value is -1.32. The highest BCUT2D eigenvalue weighted by Gasteiger charge is 2.28. The van der Waals surface area contributed by atoms with Gasteiger partial charge in [0.05, 0.1) is 5.60 Å². The van der Waals surface area contributed by atoms with Crippen molar-refractivity contribution in [1.29, 1.82) is 0 Å². The molecule has 0 amide bonds. The maximum absolute atomic E-state index is 10.5. The number of hydrogen-bond donors (Lipinski definition) is 2. The van der Waals surface area contributed by atoms with E-state index >= 15 is 0 Å². The second-order valence-corrected chi connectivity index (χ2v) is 5.60. The normalized spacial score (nSPS) is 17.6. The minimum atomic E-state index is -0.519. The fraction of sp³-hybridized carbons (Fsp3) is 0.529. The lowest BCUT2D eigenvalue weighted by Crippen LogP contribution is -2.41. The third-order valence-corrected chi connectivity index (χ3v) is 3.88. The molecule has 110 valence electrons. The summed E-state index contributed by atoms with van der Waals surface area (Å²) in [6.45, 7) is 5.55. The molecule has 0 atom stereocenters. The van der Waals surface area contributed by atoms with E-state index in [1.165, 1.54) is 6.42 Å². The van der Waals surface area contributed by atoms with Crippen LogP contribution in [0.4, 0.5) is 0 Å². The summed E-state index contributed by atoms with van der Waals surface area (Å²) in [5.41, 5.74) is 0.601. The zero-order valence-electron chi connectivity index (χ0n) is 12.1. The second kappa shape index (κ2) is 7.46. The largest absolute Gasteiger partial charge is 0.489 e. The maximum Gasteiger partial charge on any atom is 0.124 e. The molecule has 0 bridgehead atoms. The summed E-state index contributed by atoms with van der Waals surface area (Å²) in [6.07, 6.45) is 7.09. The van der Waals surface area contributed by atoms with Crippen LogP contribution in [0.5, 0.6) is 5.75 Å². The summed E-state index contributed by atoms with van der Waals surface area (Å²) in [7, 11) is 0. The summed E-state index contributed by atoms with van der Waals surface area (Å²) in [6, 6.07) is 8.00. The quantitative estimate of drug-likeness (QED) is 0.752. The van der Waals surface area contributed by atoms with Gasteiger partial charge in [0.1, 0.15) is 12.4 Å². The van der Waals surface area contributed by atoms with E-state index in [0.717, 1.165) is 43.5 Å². The van der Waals surface area contributed by atoms with Crippen molar-refractivity contribution in [1.82, 2.24) is 5.32 Å². The third-order valence-electron chi connectivity index (χ3n) is 3.88. The Kier molecular flexibility index (Phi) is 5.62. The predicted octanol–water partition coefficient (Wildman–Crippen LogP) is 3.04. The highest BCUT2D eigenvalue weighted by Crippen LogP contribution is 2.27. The van der Waals surface area contributed by atoms with Crippen LogP contribution in [0.15, 0.2) is 36.9 Å². The standard InChI is InChI=1S/C17H25NO2/c1-2-12-20-16-9-5-4-8-15(16)13-18-14-17(19)10-6-3-7-11-17/h2,4-5,8-9,18-19H,1,3,6-7,10-14H2. The van der Waals surface area contributed by atoms with Crippen LogP contribution < -0.4 is 10.1 Å². The predicted molar refractivity (Wildman–Crippen MR) is 81.9 cm³/mol. The van der Waals surface area contributed by atoms with Crippen LogP contribution in [0.3, 0.4) is 0 Å². The van der Waals surface area contributed by atoms with Crippen molar-refractivity contribution in [3.05, 3.63) is 42.5 Å². The molecule has 1 aromatic rings. The Morgan fingerprint density at radius 2 is 2.00 bits per heavy atom. The number of aliphatic hydroxyl groups is 1. The van der Waals surface area contributed by atoms with Gasteiger partial charge in [0.25, 0.3) is 0 Å². The van der Waals surface area contributed by atoms with E-state index in [1.807, 2.05) is 18.2 Å². The number of rotatable bonds is 7. The first-order valence-electron chi connectivity index (χ1n) is 7.48. The molecular formula is C17H25NO2. The minimum Gasteiger partial charge on any atom is -0.489 e. The van der Waals surface area contributed by atoms with E-state index in [1.54, 1.807) is 6.08 Å². The molecule has 0 radical (unpaired) electrons. The van der Waals surface area contributed by atoms with Gasteiger partial charge >= 0.3 is 0 Å². The molecule has 3 heteroatoms. The number of para-hydroxylation sites is 1. The SMILES string of the molecule is C=CCOc1ccccc1CNCC1(O)CCCCC1.